The second kappa shape index (κ2) is 5.58. The van der Waals surface area contributed by atoms with Crippen molar-refractivity contribution in [2.45, 2.75) is 38.8 Å². The van der Waals surface area contributed by atoms with Crippen LogP contribution in [0.4, 0.5) is 4.79 Å². The van der Waals surface area contributed by atoms with E-state index in [9.17, 15) is 9.59 Å². The van der Waals surface area contributed by atoms with E-state index in [1.54, 1.807) is 33.1 Å². The minimum Gasteiger partial charge on any atom is -0.444 e. The first-order chi connectivity index (χ1) is 8.60. The molecule has 7 heteroatoms. The fourth-order valence-electron chi connectivity index (χ4n) is 1.32. The molecule has 0 bridgehead atoms. The van der Waals surface area contributed by atoms with Gasteiger partial charge in [-0.2, -0.15) is 0 Å². The number of ether oxygens (including phenoxy) is 1. The number of rotatable bonds is 3. The lowest BCUT2D eigenvalue weighted by atomic mass is 9.99. The summed E-state index contributed by atoms with van der Waals surface area (Å²) in [7, 11) is 1.52. The Balaban J connectivity index is 3.02. The minimum absolute atomic E-state index is 0.507. The Hall–Kier alpha value is -0.950. The number of hydrogen-bond donors (Lipinski definition) is 0. The van der Waals surface area contributed by atoms with Crippen LogP contribution in [0.15, 0.2) is 9.30 Å². The number of carbonyl (C=O) groups is 2. The van der Waals surface area contributed by atoms with Gasteiger partial charge in [-0.25, -0.2) is 9.78 Å². The molecule has 1 rings (SSSR count). The minimum atomic E-state index is -1.15. The first-order valence-corrected chi connectivity index (χ1v) is 7.32. The number of amides is 1. The summed E-state index contributed by atoms with van der Waals surface area (Å²) in [5.41, 5.74) is -1.25. The van der Waals surface area contributed by atoms with Gasteiger partial charge in [0, 0.05) is 12.4 Å². The zero-order valence-electron chi connectivity index (χ0n) is 11.6. The molecule has 106 valence electrons. The maximum Gasteiger partial charge on any atom is 0.411 e. The van der Waals surface area contributed by atoms with Crippen LogP contribution < -0.4 is 0 Å². The molecule has 0 radical (unpaired) electrons. The molecular weight excluding hydrogens is 332 g/mol. The van der Waals surface area contributed by atoms with E-state index in [1.165, 1.54) is 23.3 Å². The van der Waals surface area contributed by atoms with Gasteiger partial charge in [0.15, 0.2) is 10.2 Å². The highest BCUT2D eigenvalue weighted by Crippen LogP contribution is 2.29. The van der Waals surface area contributed by atoms with Gasteiger partial charge >= 0.3 is 6.09 Å². The monoisotopic (exact) mass is 348 g/mol. The Kier molecular flexibility index (Phi) is 4.73. The molecule has 0 spiro atoms. The molecule has 0 N–H and O–H groups in total. The van der Waals surface area contributed by atoms with Gasteiger partial charge in [-0.05, 0) is 43.6 Å². The number of likely N-dealkylation sites (N-methyl/N-ethyl adjacent to an activating group) is 1. The molecular formula is C12H17BrN2O3S. The molecule has 5 nitrogen and oxygen atoms in total. The molecule has 0 saturated carbocycles. The van der Waals surface area contributed by atoms with Gasteiger partial charge in [0.1, 0.15) is 11.1 Å². The molecule has 0 aromatic carbocycles. The Morgan fingerprint density at radius 1 is 1.47 bits per heavy atom. The highest BCUT2D eigenvalue weighted by atomic mass is 79.9. The Labute approximate surface area is 125 Å². The van der Waals surface area contributed by atoms with Crippen molar-refractivity contribution >= 4 is 39.6 Å². The van der Waals surface area contributed by atoms with Crippen molar-refractivity contribution in [2.24, 2.45) is 0 Å². The average molecular weight is 349 g/mol. The predicted molar refractivity (Wildman–Crippen MR) is 77.2 cm³/mol. The number of carbonyl (C=O) groups excluding carboxylic acids is 2. The summed E-state index contributed by atoms with van der Waals surface area (Å²) in [6.07, 6.45) is 0.129. The molecule has 0 aliphatic carbocycles. The molecule has 1 aromatic rings. The van der Waals surface area contributed by atoms with E-state index < -0.39 is 17.2 Å². The van der Waals surface area contributed by atoms with Crippen molar-refractivity contribution in [3.8, 4) is 0 Å². The van der Waals surface area contributed by atoms with Gasteiger partial charge in [-0.1, -0.05) is 0 Å². The quantitative estimate of drug-likeness (QED) is 0.787. The van der Waals surface area contributed by atoms with E-state index in [1.807, 2.05) is 0 Å². The van der Waals surface area contributed by atoms with Crippen molar-refractivity contribution in [1.82, 2.24) is 9.88 Å². The van der Waals surface area contributed by atoms with Gasteiger partial charge in [0.05, 0.1) is 5.69 Å². The van der Waals surface area contributed by atoms with E-state index in [0.29, 0.717) is 15.9 Å². The summed E-state index contributed by atoms with van der Waals surface area (Å²) in [4.78, 5) is 29.0. The Bertz CT molecular complexity index is 484. The van der Waals surface area contributed by atoms with Crippen molar-refractivity contribution < 1.29 is 14.3 Å². The SMILES string of the molecule is CN(C(=O)OC(C)(C)C)C(C)(C=O)c1csc(Br)n1. The molecule has 1 atom stereocenters. The highest BCUT2D eigenvalue weighted by molar-refractivity contribution is 9.11. The molecule has 0 fully saturated rings. The molecule has 19 heavy (non-hydrogen) atoms. The van der Waals surface area contributed by atoms with E-state index in [2.05, 4.69) is 20.9 Å². The first kappa shape index (κ1) is 16.1. The number of halogens is 1. The number of aldehydes is 1. The normalized spacial score (nSPS) is 14.6. The Morgan fingerprint density at radius 3 is 2.42 bits per heavy atom. The smallest absolute Gasteiger partial charge is 0.411 e. The summed E-state index contributed by atoms with van der Waals surface area (Å²) >= 11 is 4.60. The molecule has 1 heterocycles. The third-order valence-corrected chi connectivity index (χ3v) is 3.95. The summed E-state index contributed by atoms with van der Waals surface area (Å²) < 4.78 is 5.93. The largest absolute Gasteiger partial charge is 0.444 e. The summed E-state index contributed by atoms with van der Waals surface area (Å²) in [6.45, 7) is 6.95. The standard InChI is InChI=1S/C12H17BrN2O3S/c1-11(2,3)18-10(17)15(5)12(4,7-16)8-6-19-9(13)14-8/h6-7H,1-5H3. The molecule has 1 unspecified atom stereocenters. The second-order valence-electron chi connectivity index (χ2n) is 5.29. The summed E-state index contributed by atoms with van der Waals surface area (Å²) in [5, 5.41) is 1.74. The zero-order chi connectivity index (χ0) is 14.8. The lowest BCUT2D eigenvalue weighted by Crippen LogP contribution is -2.48. The van der Waals surface area contributed by atoms with Crippen molar-refractivity contribution in [2.75, 3.05) is 7.05 Å². The zero-order valence-corrected chi connectivity index (χ0v) is 14.0. The van der Waals surface area contributed by atoms with E-state index >= 15 is 0 Å². The van der Waals surface area contributed by atoms with Crippen LogP contribution in [-0.2, 0) is 15.1 Å². The van der Waals surface area contributed by atoms with Gasteiger partial charge in [0.25, 0.3) is 0 Å². The first-order valence-electron chi connectivity index (χ1n) is 5.65. The number of hydrogen-bond acceptors (Lipinski definition) is 5. The van der Waals surface area contributed by atoms with Crippen LogP contribution in [0.1, 0.15) is 33.4 Å². The molecule has 0 aliphatic heterocycles. The number of aromatic nitrogens is 1. The van der Waals surface area contributed by atoms with Crippen LogP contribution in [0.25, 0.3) is 0 Å². The topological polar surface area (TPSA) is 59.5 Å². The van der Waals surface area contributed by atoms with Gasteiger partial charge in [-0.15, -0.1) is 11.3 Å². The van der Waals surface area contributed by atoms with Crippen LogP contribution >= 0.6 is 27.3 Å². The molecule has 0 aliphatic rings. The van der Waals surface area contributed by atoms with Gasteiger partial charge in [0.2, 0.25) is 0 Å². The second-order valence-corrected chi connectivity index (χ2v) is 7.42. The van der Waals surface area contributed by atoms with Gasteiger partial charge < -0.3 is 9.53 Å². The lowest BCUT2D eigenvalue weighted by molar-refractivity contribution is -0.117. The van der Waals surface area contributed by atoms with Crippen LogP contribution in [0.2, 0.25) is 0 Å². The highest BCUT2D eigenvalue weighted by Gasteiger charge is 2.38. The molecule has 0 saturated heterocycles. The van der Waals surface area contributed by atoms with E-state index in [4.69, 9.17) is 4.74 Å². The lowest BCUT2D eigenvalue weighted by Gasteiger charge is -2.34. The predicted octanol–water partition coefficient (Wildman–Crippen LogP) is 3.19. The van der Waals surface area contributed by atoms with Crippen molar-refractivity contribution in [3.63, 3.8) is 0 Å². The van der Waals surface area contributed by atoms with Crippen LogP contribution in [0, 0.1) is 0 Å². The maximum absolute atomic E-state index is 12.1. The summed E-state index contributed by atoms with van der Waals surface area (Å²) in [6, 6.07) is 0. The van der Waals surface area contributed by atoms with Crippen LogP contribution in [0.3, 0.4) is 0 Å². The molecule has 1 amide bonds. The number of nitrogens with zero attached hydrogens (tertiary/aromatic N) is 2. The summed E-state index contributed by atoms with van der Waals surface area (Å²) in [5.74, 6) is 0. The van der Waals surface area contributed by atoms with Gasteiger partial charge in [-0.3, -0.25) is 4.90 Å². The number of thiazole rings is 1. The maximum atomic E-state index is 12.1. The van der Waals surface area contributed by atoms with Crippen LogP contribution in [-0.4, -0.2) is 34.9 Å². The van der Waals surface area contributed by atoms with Crippen molar-refractivity contribution in [3.05, 3.63) is 15.0 Å². The van der Waals surface area contributed by atoms with Crippen LogP contribution in [0.5, 0.6) is 0 Å². The third kappa shape index (κ3) is 3.76. The Morgan fingerprint density at radius 2 is 2.05 bits per heavy atom. The average Bonchev–Trinajstić information content (AvgIpc) is 2.72. The van der Waals surface area contributed by atoms with Crippen molar-refractivity contribution in [1.29, 1.82) is 0 Å². The van der Waals surface area contributed by atoms with E-state index in [0.717, 1.165) is 0 Å². The fourth-order valence-corrected chi connectivity index (χ4v) is 2.44. The fraction of sp³-hybridized carbons (Fsp3) is 0.583. The van der Waals surface area contributed by atoms with E-state index in [-0.39, 0.29) is 0 Å². The molecule has 1 aromatic heterocycles. The third-order valence-electron chi connectivity index (χ3n) is 2.59.